The summed E-state index contributed by atoms with van der Waals surface area (Å²) in [5, 5.41) is 3.28. The summed E-state index contributed by atoms with van der Waals surface area (Å²) in [6, 6.07) is 14.6. The van der Waals surface area contributed by atoms with Gasteiger partial charge in [0.15, 0.2) is 0 Å². The molecule has 7 nitrogen and oxygen atoms in total. The Kier molecular flexibility index (Phi) is 5.25. The Morgan fingerprint density at radius 2 is 2.03 bits per heavy atom. The van der Waals surface area contributed by atoms with Crippen LogP contribution in [0, 0.1) is 6.92 Å². The van der Waals surface area contributed by atoms with Crippen LogP contribution in [0.5, 0.6) is 0 Å². The summed E-state index contributed by atoms with van der Waals surface area (Å²) in [4.78, 5) is 31.0. The molecule has 7 heteroatoms. The summed E-state index contributed by atoms with van der Waals surface area (Å²) >= 11 is 0. The summed E-state index contributed by atoms with van der Waals surface area (Å²) in [6.07, 6.45) is 3.33. The summed E-state index contributed by atoms with van der Waals surface area (Å²) in [5.41, 5.74) is 9.16. The van der Waals surface area contributed by atoms with Crippen LogP contribution in [-0.2, 0) is 6.54 Å². The number of nitrogens with two attached hydrogens (primary N) is 1. The molecule has 0 saturated heterocycles. The first kappa shape index (κ1) is 20.3. The summed E-state index contributed by atoms with van der Waals surface area (Å²) < 4.78 is 3.14. The van der Waals surface area contributed by atoms with E-state index in [0.29, 0.717) is 23.2 Å². The number of pyridine rings is 2. The first-order valence-electron chi connectivity index (χ1n) is 10.0. The lowest BCUT2D eigenvalue weighted by Crippen LogP contribution is -2.42. The van der Waals surface area contributed by atoms with Gasteiger partial charge in [-0.3, -0.25) is 14.0 Å². The predicted molar refractivity (Wildman–Crippen MR) is 121 cm³/mol. The predicted octanol–water partition coefficient (Wildman–Crippen LogP) is 2.70. The monoisotopic (exact) mass is 414 g/mol. The minimum atomic E-state index is -0.359. The molecule has 1 atom stereocenters. The van der Waals surface area contributed by atoms with E-state index in [1.165, 1.54) is 10.5 Å². The molecule has 1 amide bonds. The van der Waals surface area contributed by atoms with Crippen molar-refractivity contribution >= 4 is 28.4 Å². The van der Waals surface area contributed by atoms with Crippen LogP contribution < -0.4 is 21.2 Å². The molecule has 1 aromatic carbocycles. The molecular weight excluding hydrogens is 390 g/mol. The lowest BCUT2D eigenvalue weighted by atomic mass is 10.1. The summed E-state index contributed by atoms with van der Waals surface area (Å²) in [7, 11) is 0. The number of nitrogens with zero attached hydrogens (tertiary/aromatic N) is 3. The maximum atomic E-state index is 13.2. The largest absolute Gasteiger partial charge is 0.345 e. The molecule has 0 unspecified atom stereocenters. The van der Waals surface area contributed by atoms with Crippen LogP contribution in [0.25, 0.3) is 16.7 Å². The molecule has 3 aromatic heterocycles. The Balaban J connectivity index is 1.90. The molecule has 4 aromatic rings. The quantitative estimate of drug-likeness (QED) is 0.298. The molecule has 0 aliphatic heterocycles. The Morgan fingerprint density at radius 3 is 2.74 bits per heavy atom. The number of rotatable bonds is 5. The molecule has 0 saturated carbocycles. The lowest BCUT2D eigenvalue weighted by molar-refractivity contribution is -0.648. The Morgan fingerprint density at radius 1 is 1.29 bits per heavy atom. The highest BCUT2D eigenvalue weighted by Crippen LogP contribution is 2.18. The number of fused-ring (bicyclic) bond motifs is 2. The van der Waals surface area contributed by atoms with Crippen molar-refractivity contribution in [2.45, 2.75) is 26.4 Å². The molecule has 3 heterocycles. The molecule has 156 valence electrons. The van der Waals surface area contributed by atoms with Crippen molar-refractivity contribution in [2.75, 3.05) is 5.73 Å². The third-order valence-electron chi connectivity index (χ3n) is 5.38. The van der Waals surface area contributed by atoms with Gasteiger partial charge in [0.1, 0.15) is 10.9 Å². The molecule has 0 aliphatic carbocycles. The Labute approximate surface area is 179 Å². The van der Waals surface area contributed by atoms with Crippen LogP contribution in [-0.4, -0.2) is 15.3 Å². The number of aromatic nitrogens is 3. The highest BCUT2D eigenvalue weighted by molar-refractivity contribution is 6.00. The van der Waals surface area contributed by atoms with Gasteiger partial charge >= 0.3 is 0 Å². The fourth-order valence-electron chi connectivity index (χ4n) is 3.71. The number of hydrogen-bond acceptors (Lipinski definition) is 4. The maximum absolute atomic E-state index is 13.2. The minimum absolute atomic E-state index is 0.226. The average molecular weight is 414 g/mol. The first-order chi connectivity index (χ1) is 14.9. The SMILES string of the molecule is C=CC[n+]1c(N)c(C(=O)N[C@@H](C)c2ccccc2)cc2c(=O)n3cccc(C)c3nc21. The number of benzene rings is 1. The second-order valence-electron chi connectivity index (χ2n) is 7.49. The number of nitrogen functional groups attached to an aromatic ring is 1. The average Bonchev–Trinajstić information content (AvgIpc) is 2.77. The topological polar surface area (TPSA) is 93.4 Å². The number of nitrogens with one attached hydrogen (secondary N) is 1. The van der Waals surface area contributed by atoms with Gasteiger partial charge in [-0.25, -0.2) is 4.57 Å². The lowest BCUT2D eigenvalue weighted by Gasteiger charge is -2.16. The minimum Gasteiger partial charge on any atom is -0.345 e. The van der Waals surface area contributed by atoms with Crippen LogP contribution >= 0.6 is 0 Å². The van der Waals surface area contributed by atoms with E-state index in [2.05, 4.69) is 11.9 Å². The van der Waals surface area contributed by atoms with Crippen LogP contribution in [0.3, 0.4) is 0 Å². The van der Waals surface area contributed by atoms with Gasteiger partial charge in [-0.15, -0.1) is 0 Å². The van der Waals surface area contributed by atoms with E-state index < -0.39 is 0 Å². The zero-order valence-electron chi connectivity index (χ0n) is 17.5. The van der Waals surface area contributed by atoms with Gasteiger partial charge in [0.2, 0.25) is 11.5 Å². The number of amides is 1. The number of anilines is 1. The molecular formula is C24H24N5O2+. The van der Waals surface area contributed by atoms with Crippen LogP contribution in [0.4, 0.5) is 5.82 Å². The van der Waals surface area contributed by atoms with Crippen molar-refractivity contribution in [3.63, 3.8) is 0 Å². The molecule has 0 radical (unpaired) electrons. The number of allylic oxidation sites excluding steroid dienone is 1. The van der Waals surface area contributed by atoms with E-state index in [-0.39, 0.29) is 28.9 Å². The van der Waals surface area contributed by atoms with Crippen molar-refractivity contribution in [2.24, 2.45) is 0 Å². The molecule has 3 N–H and O–H groups in total. The van der Waals surface area contributed by atoms with Gasteiger partial charge in [-0.2, -0.15) is 0 Å². The van der Waals surface area contributed by atoms with E-state index in [4.69, 9.17) is 10.7 Å². The molecule has 4 rings (SSSR count). The second kappa shape index (κ2) is 8.02. The number of carbonyl (C=O) groups is 1. The molecule has 0 spiro atoms. The van der Waals surface area contributed by atoms with Crippen LogP contribution in [0.1, 0.15) is 34.5 Å². The van der Waals surface area contributed by atoms with Crippen molar-refractivity contribution in [1.82, 2.24) is 14.7 Å². The van der Waals surface area contributed by atoms with E-state index in [1.54, 1.807) is 22.9 Å². The highest BCUT2D eigenvalue weighted by Gasteiger charge is 2.25. The third kappa shape index (κ3) is 3.54. The van der Waals surface area contributed by atoms with E-state index in [9.17, 15) is 9.59 Å². The van der Waals surface area contributed by atoms with Crippen LogP contribution in [0.15, 0.2) is 72.2 Å². The molecule has 0 aliphatic rings. The smallest absolute Gasteiger partial charge is 0.278 e. The van der Waals surface area contributed by atoms with Gasteiger partial charge in [0, 0.05) is 11.8 Å². The first-order valence-corrected chi connectivity index (χ1v) is 10.0. The second-order valence-corrected chi connectivity index (χ2v) is 7.49. The number of hydrogen-bond donors (Lipinski definition) is 2. The number of carbonyl (C=O) groups excluding carboxylic acids is 1. The number of aryl methyl sites for hydroxylation is 1. The Bertz CT molecular complexity index is 1380. The highest BCUT2D eigenvalue weighted by atomic mass is 16.2. The van der Waals surface area contributed by atoms with E-state index in [0.717, 1.165) is 11.1 Å². The third-order valence-corrected chi connectivity index (χ3v) is 5.38. The fraction of sp³-hybridized carbons (Fsp3) is 0.167. The van der Waals surface area contributed by atoms with Gasteiger partial charge < -0.3 is 11.1 Å². The molecule has 31 heavy (non-hydrogen) atoms. The van der Waals surface area contributed by atoms with E-state index in [1.807, 2.05) is 50.2 Å². The van der Waals surface area contributed by atoms with Gasteiger partial charge in [-0.05, 0) is 31.5 Å². The summed E-state index contributed by atoms with van der Waals surface area (Å²) in [6.45, 7) is 7.88. The normalized spacial score (nSPS) is 12.1. The van der Waals surface area contributed by atoms with Crippen molar-refractivity contribution in [1.29, 1.82) is 0 Å². The fourth-order valence-corrected chi connectivity index (χ4v) is 3.71. The van der Waals surface area contributed by atoms with Gasteiger partial charge in [0.05, 0.1) is 12.6 Å². The van der Waals surface area contributed by atoms with Gasteiger partial charge in [-0.1, -0.05) is 54.0 Å². The molecule has 0 bridgehead atoms. The zero-order chi connectivity index (χ0) is 22.1. The maximum Gasteiger partial charge on any atom is 0.278 e. The van der Waals surface area contributed by atoms with Crippen LogP contribution in [0.2, 0.25) is 0 Å². The van der Waals surface area contributed by atoms with Gasteiger partial charge in [0.25, 0.3) is 17.1 Å². The molecule has 0 fully saturated rings. The Hall–Kier alpha value is -4.00. The summed E-state index contributed by atoms with van der Waals surface area (Å²) in [5.74, 6) is -0.127. The zero-order valence-corrected chi connectivity index (χ0v) is 17.5. The standard InChI is InChI=1S/C24H23N5O2/c1-4-12-28-20(25)18(23(30)26-16(3)17-10-6-5-7-11-17)14-19-22(28)27-21-15(2)9-8-13-29(21)24(19)31/h4-11,13-14,16,25H,1,12H2,2-3H3,(H,26,30)/p+1/t16-/m0/s1. The van der Waals surface area contributed by atoms with Crippen molar-refractivity contribution < 1.29 is 9.36 Å². The van der Waals surface area contributed by atoms with Crippen molar-refractivity contribution in [3.05, 3.63) is 94.4 Å². The van der Waals surface area contributed by atoms with Crippen molar-refractivity contribution in [3.8, 4) is 0 Å². The van der Waals surface area contributed by atoms with E-state index >= 15 is 0 Å².